The molecule has 98 valence electrons. The summed E-state index contributed by atoms with van der Waals surface area (Å²) >= 11 is 1.22. The Hall–Kier alpha value is -1.89. The third-order valence-electron chi connectivity index (χ3n) is 2.21. The highest BCUT2D eigenvalue weighted by atomic mass is 32.1. The molecule has 0 aliphatic heterocycles. The van der Waals surface area contributed by atoms with Gasteiger partial charge in [-0.2, -0.15) is 0 Å². The van der Waals surface area contributed by atoms with Crippen LogP contribution in [0.1, 0.15) is 22.5 Å². The van der Waals surface area contributed by atoms with Gasteiger partial charge in [0, 0.05) is 6.42 Å². The maximum atomic E-state index is 11.7. The van der Waals surface area contributed by atoms with Gasteiger partial charge < -0.3 is 15.2 Å². The van der Waals surface area contributed by atoms with E-state index >= 15 is 0 Å². The van der Waals surface area contributed by atoms with E-state index in [1.807, 2.05) is 0 Å². The number of amides is 1. The Kier molecular flexibility index (Phi) is 5.31. The lowest BCUT2D eigenvalue weighted by molar-refractivity contribution is -0.142. The number of nitrogens with one attached hydrogen (secondary N) is 1. The van der Waals surface area contributed by atoms with E-state index in [1.165, 1.54) is 18.4 Å². The zero-order valence-electron chi connectivity index (χ0n) is 9.71. The van der Waals surface area contributed by atoms with Crippen LogP contribution in [-0.2, 0) is 14.3 Å². The molecular formula is C11H13NO5S. The lowest BCUT2D eigenvalue weighted by atomic mass is 10.1. The summed E-state index contributed by atoms with van der Waals surface area (Å²) in [6, 6.07) is 2.20. The minimum absolute atomic E-state index is 0.000871. The average molecular weight is 271 g/mol. The number of carbonyl (C=O) groups is 3. The fraction of sp³-hybridized carbons (Fsp3) is 0.364. The van der Waals surface area contributed by atoms with Crippen LogP contribution in [0.3, 0.4) is 0 Å². The molecule has 1 rings (SSSR count). The topological polar surface area (TPSA) is 92.7 Å². The highest BCUT2D eigenvalue weighted by Gasteiger charge is 2.22. The highest BCUT2D eigenvalue weighted by molar-refractivity contribution is 7.12. The molecule has 0 spiro atoms. The quantitative estimate of drug-likeness (QED) is 0.749. The number of thiophene rings is 1. The number of methoxy groups -OCH3 is 1. The zero-order valence-corrected chi connectivity index (χ0v) is 10.5. The Bertz CT molecular complexity index is 429. The van der Waals surface area contributed by atoms with Crippen LogP contribution in [0.4, 0.5) is 0 Å². The summed E-state index contributed by atoms with van der Waals surface area (Å²) in [4.78, 5) is 34.0. The van der Waals surface area contributed by atoms with Crippen molar-refractivity contribution in [3.8, 4) is 0 Å². The first kappa shape index (κ1) is 14.2. The Labute approximate surface area is 108 Å². The van der Waals surface area contributed by atoms with Gasteiger partial charge >= 0.3 is 11.9 Å². The van der Waals surface area contributed by atoms with Gasteiger partial charge in [-0.1, -0.05) is 6.07 Å². The molecule has 0 aromatic carbocycles. The minimum Gasteiger partial charge on any atom is -0.480 e. The standard InChI is InChI=1S/C11H13NO5S/c1-17-9(13)5-4-7(11(15)16)12-10(14)8-3-2-6-18-8/h2-3,6-7H,4-5H2,1H3,(H,12,14)(H,15,16)/t7-/m0/s1. The number of esters is 1. The first-order valence-electron chi connectivity index (χ1n) is 5.18. The van der Waals surface area contributed by atoms with Gasteiger partial charge in [0.15, 0.2) is 0 Å². The van der Waals surface area contributed by atoms with Gasteiger partial charge in [-0.3, -0.25) is 9.59 Å². The fourth-order valence-electron chi connectivity index (χ4n) is 1.26. The predicted molar refractivity (Wildman–Crippen MR) is 64.5 cm³/mol. The van der Waals surface area contributed by atoms with Crippen LogP contribution in [0.2, 0.25) is 0 Å². The fourth-order valence-corrected chi connectivity index (χ4v) is 1.89. The molecule has 0 saturated carbocycles. The van der Waals surface area contributed by atoms with Crippen LogP contribution in [0.5, 0.6) is 0 Å². The molecule has 0 bridgehead atoms. The molecule has 2 N–H and O–H groups in total. The van der Waals surface area contributed by atoms with Crippen molar-refractivity contribution >= 4 is 29.2 Å². The lowest BCUT2D eigenvalue weighted by Crippen LogP contribution is -2.40. The van der Waals surface area contributed by atoms with Crippen LogP contribution in [-0.4, -0.2) is 36.1 Å². The zero-order chi connectivity index (χ0) is 13.5. The maximum absolute atomic E-state index is 11.7. The van der Waals surface area contributed by atoms with E-state index in [0.717, 1.165) is 0 Å². The van der Waals surface area contributed by atoms with E-state index in [9.17, 15) is 14.4 Å². The van der Waals surface area contributed by atoms with E-state index in [4.69, 9.17) is 5.11 Å². The van der Waals surface area contributed by atoms with Gasteiger partial charge in [-0.15, -0.1) is 11.3 Å². The summed E-state index contributed by atoms with van der Waals surface area (Å²) in [7, 11) is 1.22. The predicted octanol–water partition coefficient (Wildman–Crippen LogP) is 0.884. The van der Waals surface area contributed by atoms with Crippen LogP contribution >= 0.6 is 11.3 Å². The minimum atomic E-state index is -1.18. The first-order valence-corrected chi connectivity index (χ1v) is 6.06. The molecule has 0 aliphatic carbocycles. The van der Waals surface area contributed by atoms with Crippen LogP contribution in [0, 0.1) is 0 Å². The number of hydrogen-bond acceptors (Lipinski definition) is 5. The molecular weight excluding hydrogens is 258 g/mol. The monoisotopic (exact) mass is 271 g/mol. The molecule has 1 heterocycles. The van der Waals surface area contributed by atoms with Crippen molar-refractivity contribution in [2.45, 2.75) is 18.9 Å². The second-order valence-corrected chi connectivity index (χ2v) is 4.40. The van der Waals surface area contributed by atoms with Gasteiger partial charge in [0.25, 0.3) is 5.91 Å². The van der Waals surface area contributed by atoms with Gasteiger partial charge in [0.2, 0.25) is 0 Å². The summed E-state index contributed by atoms with van der Waals surface area (Å²) in [6.07, 6.45) is -0.0582. The van der Waals surface area contributed by atoms with Crippen LogP contribution in [0.15, 0.2) is 17.5 Å². The molecule has 18 heavy (non-hydrogen) atoms. The maximum Gasteiger partial charge on any atom is 0.326 e. The number of rotatable bonds is 6. The molecule has 1 atom stereocenters. The van der Waals surface area contributed by atoms with Crippen molar-refractivity contribution in [2.24, 2.45) is 0 Å². The molecule has 0 fully saturated rings. The Balaban J connectivity index is 2.55. The van der Waals surface area contributed by atoms with Crippen molar-refractivity contribution in [1.29, 1.82) is 0 Å². The van der Waals surface area contributed by atoms with Gasteiger partial charge in [0.1, 0.15) is 6.04 Å². The molecule has 0 unspecified atom stereocenters. The molecule has 1 aromatic rings. The third-order valence-corrected chi connectivity index (χ3v) is 3.08. The SMILES string of the molecule is COC(=O)CC[C@H](NC(=O)c1cccs1)C(=O)O. The van der Waals surface area contributed by atoms with E-state index in [2.05, 4.69) is 10.1 Å². The number of aliphatic carboxylic acids is 1. The first-order chi connectivity index (χ1) is 8.54. The van der Waals surface area contributed by atoms with Crippen molar-refractivity contribution in [1.82, 2.24) is 5.32 Å². The second kappa shape index (κ2) is 6.75. The average Bonchev–Trinajstić information content (AvgIpc) is 2.87. The van der Waals surface area contributed by atoms with Gasteiger partial charge in [-0.25, -0.2) is 4.79 Å². The summed E-state index contributed by atoms with van der Waals surface area (Å²) in [6.45, 7) is 0. The van der Waals surface area contributed by atoms with Crippen molar-refractivity contribution in [3.63, 3.8) is 0 Å². The highest BCUT2D eigenvalue weighted by Crippen LogP contribution is 2.09. The normalized spacial score (nSPS) is 11.6. The summed E-state index contributed by atoms with van der Waals surface area (Å²) in [5, 5.41) is 13.0. The van der Waals surface area contributed by atoms with E-state index in [-0.39, 0.29) is 12.8 Å². The molecule has 0 radical (unpaired) electrons. The van der Waals surface area contributed by atoms with Gasteiger partial charge in [-0.05, 0) is 17.9 Å². The Morgan fingerprint density at radius 3 is 2.72 bits per heavy atom. The van der Waals surface area contributed by atoms with Crippen LogP contribution in [0.25, 0.3) is 0 Å². The molecule has 7 heteroatoms. The smallest absolute Gasteiger partial charge is 0.326 e. The van der Waals surface area contributed by atoms with E-state index in [0.29, 0.717) is 4.88 Å². The van der Waals surface area contributed by atoms with Crippen LogP contribution < -0.4 is 5.32 Å². The summed E-state index contributed by atoms with van der Waals surface area (Å²) in [5.74, 6) is -2.14. The molecule has 1 amide bonds. The number of hydrogen-bond donors (Lipinski definition) is 2. The van der Waals surface area contributed by atoms with Gasteiger partial charge in [0.05, 0.1) is 12.0 Å². The number of carbonyl (C=O) groups excluding carboxylic acids is 2. The molecule has 0 saturated heterocycles. The third kappa shape index (κ3) is 4.17. The Morgan fingerprint density at radius 2 is 2.22 bits per heavy atom. The van der Waals surface area contributed by atoms with E-state index < -0.39 is 23.9 Å². The Morgan fingerprint density at radius 1 is 1.50 bits per heavy atom. The number of carboxylic acid groups (broad SMARTS) is 1. The van der Waals surface area contributed by atoms with Crippen molar-refractivity contribution in [2.75, 3.05) is 7.11 Å². The lowest BCUT2D eigenvalue weighted by Gasteiger charge is -2.13. The second-order valence-electron chi connectivity index (χ2n) is 3.46. The number of ether oxygens (including phenoxy) is 1. The van der Waals surface area contributed by atoms with Crippen molar-refractivity contribution in [3.05, 3.63) is 22.4 Å². The summed E-state index contributed by atoms with van der Waals surface area (Å²) in [5.41, 5.74) is 0. The molecule has 1 aromatic heterocycles. The van der Waals surface area contributed by atoms with E-state index in [1.54, 1.807) is 17.5 Å². The number of carboxylic acids is 1. The largest absolute Gasteiger partial charge is 0.480 e. The van der Waals surface area contributed by atoms with Crippen molar-refractivity contribution < 1.29 is 24.2 Å². The summed E-state index contributed by atoms with van der Waals surface area (Å²) < 4.78 is 4.42. The molecule has 0 aliphatic rings. The molecule has 6 nitrogen and oxygen atoms in total.